The van der Waals surface area contributed by atoms with Crippen molar-refractivity contribution in [2.75, 3.05) is 7.11 Å². The summed E-state index contributed by atoms with van der Waals surface area (Å²) in [6.07, 6.45) is 1.56. The minimum absolute atomic E-state index is 0.0147. The van der Waals surface area contributed by atoms with Crippen LogP contribution in [0.25, 0.3) is 10.9 Å². The van der Waals surface area contributed by atoms with Gasteiger partial charge in [-0.15, -0.1) is 0 Å². The summed E-state index contributed by atoms with van der Waals surface area (Å²) in [5.74, 6) is 0.126. The Labute approximate surface area is 156 Å². The fourth-order valence-electron chi connectivity index (χ4n) is 2.69. The predicted molar refractivity (Wildman–Crippen MR) is 99.6 cm³/mol. The van der Waals surface area contributed by atoms with Gasteiger partial charge in [0.25, 0.3) is 0 Å². The van der Waals surface area contributed by atoms with E-state index in [1.165, 1.54) is 13.2 Å². The largest absolute Gasteiger partial charge is 0.493 e. The van der Waals surface area contributed by atoms with Gasteiger partial charge in [0.2, 0.25) is 0 Å². The van der Waals surface area contributed by atoms with E-state index in [2.05, 4.69) is 4.98 Å². The minimum atomic E-state index is -0.516. The van der Waals surface area contributed by atoms with E-state index in [4.69, 9.17) is 14.2 Å². The van der Waals surface area contributed by atoms with Crippen LogP contribution in [0.4, 0.5) is 4.39 Å². The van der Waals surface area contributed by atoms with Crippen molar-refractivity contribution in [1.29, 1.82) is 0 Å². The molecule has 0 saturated carbocycles. The number of carbonyl (C=O) groups excluding carboxylic acids is 1. The number of benzene rings is 2. The number of ether oxygens (including phenoxy) is 3. The average Bonchev–Trinajstić information content (AvgIpc) is 2.67. The van der Waals surface area contributed by atoms with Gasteiger partial charge in [0.05, 0.1) is 24.3 Å². The molecular formula is C21H20FNO4. The monoisotopic (exact) mass is 369 g/mol. The molecule has 0 amide bonds. The van der Waals surface area contributed by atoms with Crippen LogP contribution >= 0.6 is 0 Å². The Morgan fingerprint density at radius 1 is 1.15 bits per heavy atom. The second-order valence-corrected chi connectivity index (χ2v) is 6.21. The Morgan fingerprint density at radius 2 is 1.96 bits per heavy atom. The van der Waals surface area contributed by atoms with Gasteiger partial charge in [-0.2, -0.15) is 0 Å². The molecule has 0 atom stereocenters. The zero-order valence-electron chi connectivity index (χ0n) is 15.4. The van der Waals surface area contributed by atoms with Gasteiger partial charge < -0.3 is 14.2 Å². The van der Waals surface area contributed by atoms with Crippen LogP contribution in [0, 0.1) is 5.82 Å². The van der Waals surface area contributed by atoms with Crippen molar-refractivity contribution in [1.82, 2.24) is 4.98 Å². The molecule has 0 aliphatic heterocycles. The van der Waals surface area contributed by atoms with Crippen LogP contribution < -0.4 is 9.47 Å². The number of nitrogens with zero attached hydrogens (tertiary/aromatic N) is 1. The first-order valence-corrected chi connectivity index (χ1v) is 8.53. The first-order chi connectivity index (χ1) is 13.0. The molecule has 0 unspecified atom stereocenters. The van der Waals surface area contributed by atoms with Crippen molar-refractivity contribution in [3.05, 3.63) is 65.6 Å². The standard InChI is InChI=1S/C21H20FNO4/c1-13(2)27-18-9-7-14(11-19(18)25-3)21(24)26-12-15-6-8-17(22)16-5-4-10-23-20(15)16/h4-11,13H,12H2,1-3H3. The second kappa shape index (κ2) is 8.03. The van der Waals surface area contributed by atoms with Crippen LogP contribution in [0.15, 0.2) is 48.7 Å². The summed E-state index contributed by atoms with van der Waals surface area (Å²) in [5.41, 5.74) is 1.44. The van der Waals surface area contributed by atoms with Gasteiger partial charge in [0.1, 0.15) is 12.4 Å². The Balaban J connectivity index is 1.78. The molecule has 0 N–H and O–H groups in total. The van der Waals surface area contributed by atoms with Crippen molar-refractivity contribution in [2.24, 2.45) is 0 Å². The molecular weight excluding hydrogens is 349 g/mol. The van der Waals surface area contributed by atoms with Crippen molar-refractivity contribution < 1.29 is 23.4 Å². The number of aromatic nitrogens is 1. The lowest BCUT2D eigenvalue weighted by atomic mass is 10.1. The van der Waals surface area contributed by atoms with Gasteiger partial charge in [-0.3, -0.25) is 4.98 Å². The molecule has 3 aromatic rings. The third-order valence-electron chi connectivity index (χ3n) is 3.92. The number of methoxy groups -OCH3 is 1. The number of carbonyl (C=O) groups is 1. The summed E-state index contributed by atoms with van der Waals surface area (Å²) in [6.45, 7) is 3.80. The summed E-state index contributed by atoms with van der Waals surface area (Å²) in [7, 11) is 1.51. The zero-order chi connectivity index (χ0) is 19.4. The normalized spacial score (nSPS) is 10.9. The van der Waals surface area contributed by atoms with Crippen molar-refractivity contribution in [3.8, 4) is 11.5 Å². The van der Waals surface area contributed by atoms with Crippen LogP contribution in [0.5, 0.6) is 11.5 Å². The van der Waals surface area contributed by atoms with Crippen LogP contribution in [-0.4, -0.2) is 24.2 Å². The molecule has 140 valence electrons. The third-order valence-corrected chi connectivity index (χ3v) is 3.92. The van der Waals surface area contributed by atoms with Crippen molar-refractivity contribution >= 4 is 16.9 Å². The molecule has 5 nitrogen and oxygen atoms in total. The molecule has 3 rings (SSSR count). The Bertz CT molecular complexity index is 972. The number of rotatable bonds is 6. The van der Waals surface area contributed by atoms with Crippen LogP contribution in [-0.2, 0) is 11.3 Å². The highest BCUT2D eigenvalue weighted by atomic mass is 19.1. The first-order valence-electron chi connectivity index (χ1n) is 8.53. The van der Waals surface area contributed by atoms with E-state index >= 15 is 0 Å². The highest BCUT2D eigenvalue weighted by Gasteiger charge is 2.15. The minimum Gasteiger partial charge on any atom is -0.493 e. The first kappa shape index (κ1) is 18.6. The smallest absolute Gasteiger partial charge is 0.338 e. The quantitative estimate of drug-likeness (QED) is 0.598. The number of esters is 1. The molecule has 0 fully saturated rings. The van der Waals surface area contributed by atoms with E-state index in [0.29, 0.717) is 33.5 Å². The fourth-order valence-corrected chi connectivity index (χ4v) is 2.69. The van der Waals surface area contributed by atoms with Crippen LogP contribution in [0.3, 0.4) is 0 Å². The highest BCUT2D eigenvalue weighted by Crippen LogP contribution is 2.29. The molecule has 0 radical (unpaired) electrons. The van der Waals surface area contributed by atoms with E-state index in [9.17, 15) is 9.18 Å². The van der Waals surface area contributed by atoms with Crippen molar-refractivity contribution in [2.45, 2.75) is 26.6 Å². The molecule has 27 heavy (non-hydrogen) atoms. The maximum absolute atomic E-state index is 13.9. The average molecular weight is 369 g/mol. The molecule has 0 saturated heterocycles. The zero-order valence-corrected chi connectivity index (χ0v) is 15.4. The molecule has 0 aliphatic carbocycles. The summed E-state index contributed by atoms with van der Waals surface area (Å²) >= 11 is 0. The molecule has 0 spiro atoms. The van der Waals surface area contributed by atoms with Gasteiger partial charge in [-0.25, -0.2) is 9.18 Å². The van der Waals surface area contributed by atoms with E-state index in [1.54, 1.807) is 42.6 Å². The number of hydrogen-bond donors (Lipinski definition) is 0. The number of halogens is 1. The number of pyridine rings is 1. The maximum atomic E-state index is 13.9. The van der Waals surface area contributed by atoms with E-state index in [-0.39, 0.29) is 18.5 Å². The molecule has 2 aromatic carbocycles. The number of hydrogen-bond acceptors (Lipinski definition) is 5. The Hall–Kier alpha value is -3.15. The van der Waals surface area contributed by atoms with E-state index in [0.717, 1.165) is 0 Å². The SMILES string of the molecule is COc1cc(C(=O)OCc2ccc(F)c3cccnc23)ccc1OC(C)C. The third kappa shape index (κ3) is 4.16. The van der Waals surface area contributed by atoms with Crippen LogP contribution in [0.1, 0.15) is 29.8 Å². The van der Waals surface area contributed by atoms with Gasteiger partial charge in [-0.1, -0.05) is 6.07 Å². The highest BCUT2D eigenvalue weighted by molar-refractivity contribution is 5.90. The predicted octanol–water partition coefficient (Wildman–Crippen LogP) is 4.53. The molecule has 1 aromatic heterocycles. The van der Waals surface area contributed by atoms with Crippen molar-refractivity contribution in [3.63, 3.8) is 0 Å². The van der Waals surface area contributed by atoms with E-state index < -0.39 is 5.97 Å². The molecule has 1 heterocycles. The topological polar surface area (TPSA) is 57.7 Å². The molecule has 0 bridgehead atoms. The summed E-state index contributed by atoms with van der Waals surface area (Å²) in [5, 5.41) is 0.392. The van der Waals surface area contributed by atoms with Gasteiger partial charge in [-0.05, 0) is 50.2 Å². The van der Waals surface area contributed by atoms with Crippen LogP contribution in [0.2, 0.25) is 0 Å². The lowest BCUT2D eigenvalue weighted by molar-refractivity contribution is 0.0473. The van der Waals surface area contributed by atoms with Gasteiger partial charge in [0, 0.05) is 17.1 Å². The summed E-state index contributed by atoms with van der Waals surface area (Å²) in [4.78, 5) is 16.6. The molecule has 6 heteroatoms. The lowest BCUT2D eigenvalue weighted by Gasteiger charge is -2.14. The number of fused-ring (bicyclic) bond motifs is 1. The summed E-state index contributed by atoms with van der Waals surface area (Å²) < 4.78 is 30.2. The lowest BCUT2D eigenvalue weighted by Crippen LogP contribution is -2.09. The molecule has 0 aliphatic rings. The Morgan fingerprint density at radius 3 is 2.70 bits per heavy atom. The summed E-state index contributed by atoms with van der Waals surface area (Å²) in [6, 6.07) is 11.1. The van der Waals surface area contributed by atoms with Gasteiger partial charge >= 0.3 is 5.97 Å². The maximum Gasteiger partial charge on any atom is 0.338 e. The Kier molecular flexibility index (Phi) is 5.54. The fraction of sp³-hybridized carbons (Fsp3) is 0.238. The van der Waals surface area contributed by atoms with E-state index in [1.807, 2.05) is 13.8 Å². The van der Waals surface area contributed by atoms with Gasteiger partial charge in [0.15, 0.2) is 11.5 Å². The second-order valence-electron chi connectivity index (χ2n) is 6.21.